The maximum atomic E-state index is 11.4. The van der Waals surface area contributed by atoms with Gasteiger partial charge in [-0.25, -0.2) is 4.98 Å². The van der Waals surface area contributed by atoms with Crippen LogP contribution in [0.2, 0.25) is 0 Å². The van der Waals surface area contributed by atoms with Crippen LogP contribution in [-0.4, -0.2) is 37.1 Å². The van der Waals surface area contributed by atoms with E-state index in [1.807, 2.05) is 31.4 Å². The molecule has 1 aromatic heterocycles. The first-order chi connectivity index (χ1) is 13.6. The Kier molecular flexibility index (Phi) is 4.90. The summed E-state index contributed by atoms with van der Waals surface area (Å²) in [6.45, 7) is 0. The number of imidazole rings is 1. The largest absolute Gasteiger partial charge is 0.376 e. The second kappa shape index (κ2) is 7.50. The van der Waals surface area contributed by atoms with Crippen LogP contribution in [0, 0.1) is 0 Å². The maximum Gasteiger partial charge on any atom is 0.213 e. The van der Waals surface area contributed by atoms with Gasteiger partial charge in [-0.1, -0.05) is 24.3 Å². The van der Waals surface area contributed by atoms with Crippen molar-refractivity contribution in [2.24, 2.45) is 0 Å². The van der Waals surface area contributed by atoms with Gasteiger partial charge in [0.1, 0.15) is 0 Å². The molecule has 1 fully saturated rings. The molecule has 0 bridgehead atoms. The Hall–Kier alpha value is -3.08. The molecule has 0 unspecified atom stereocenters. The van der Waals surface area contributed by atoms with Crippen LogP contribution in [0.3, 0.4) is 0 Å². The summed E-state index contributed by atoms with van der Waals surface area (Å²) in [5.74, 6) is 0.593. The highest BCUT2D eigenvalue weighted by atomic mass is 16.1. The van der Waals surface area contributed by atoms with E-state index in [9.17, 15) is 4.79 Å². The Balaban J connectivity index is 1.70. The molecule has 0 radical (unpaired) electrons. The lowest BCUT2D eigenvalue weighted by Crippen LogP contribution is -2.19. The van der Waals surface area contributed by atoms with Crippen LogP contribution in [-0.2, 0) is 11.2 Å². The summed E-state index contributed by atoms with van der Waals surface area (Å²) in [6.07, 6.45) is 6.02. The highest BCUT2D eigenvalue weighted by molar-refractivity contribution is 5.83. The average molecular weight is 374 g/mol. The van der Waals surface area contributed by atoms with Crippen molar-refractivity contribution >= 4 is 17.8 Å². The van der Waals surface area contributed by atoms with E-state index >= 15 is 0 Å². The van der Waals surface area contributed by atoms with Crippen molar-refractivity contribution in [2.75, 3.05) is 30.9 Å². The molecule has 1 aliphatic carbocycles. The normalized spacial score (nSPS) is 13.4. The lowest BCUT2D eigenvalue weighted by molar-refractivity contribution is -0.107. The monoisotopic (exact) mass is 374 g/mol. The third kappa shape index (κ3) is 3.52. The van der Waals surface area contributed by atoms with Crippen molar-refractivity contribution in [2.45, 2.75) is 25.2 Å². The first-order valence-corrected chi connectivity index (χ1v) is 9.68. The molecule has 0 N–H and O–H groups in total. The molecule has 0 spiro atoms. The minimum atomic E-state index is 0.593. The molecule has 0 atom stereocenters. The molecule has 5 heteroatoms. The van der Waals surface area contributed by atoms with Crippen molar-refractivity contribution in [3.8, 4) is 5.69 Å². The zero-order chi connectivity index (χ0) is 19.7. The number of rotatable bonds is 7. The van der Waals surface area contributed by atoms with E-state index in [-0.39, 0.29) is 0 Å². The lowest BCUT2D eigenvalue weighted by atomic mass is 10.0. The number of hydrogen-bond donors (Lipinski definition) is 0. The Morgan fingerprint density at radius 2 is 1.82 bits per heavy atom. The van der Waals surface area contributed by atoms with Crippen molar-refractivity contribution in [1.82, 2.24) is 9.55 Å². The first kappa shape index (κ1) is 18.3. The van der Waals surface area contributed by atoms with Gasteiger partial charge in [0, 0.05) is 44.9 Å². The van der Waals surface area contributed by atoms with E-state index in [4.69, 9.17) is 4.98 Å². The topological polar surface area (TPSA) is 41.4 Å². The second-order valence-electron chi connectivity index (χ2n) is 7.67. The van der Waals surface area contributed by atoms with Crippen molar-refractivity contribution < 1.29 is 4.79 Å². The number of anilines is 2. The maximum absolute atomic E-state index is 11.4. The van der Waals surface area contributed by atoms with Crippen LogP contribution in [0.4, 0.5) is 11.4 Å². The molecule has 0 saturated heterocycles. The number of benzene rings is 2. The van der Waals surface area contributed by atoms with Gasteiger partial charge in [-0.05, 0) is 42.7 Å². The highest BCUT2D eigenvalue weighted by Gasteiger charge is 2.30. The number of para-hydroxylation sites is 1. The smallest absolute Gasteiger partial charge is 0.213 e. The molecular weight excluding hydrogens is 348 g/mol. The van der Waals surface area contributed by atoms with Crippen LogP contribution < -0.4 is 9.80 Å². The second-order valence-corrected chi connectivity index (χ2v) is 7.67. The van der Waals surface area contributed by atoms with Crippen LogP contribution in [0.25, 0.3) is 5.69 Å². The minimum absolute atomic E-state index is 0.593. The van der Waals surface area contributed by atoms with E-state index in [0.717, 1.165) is 41.2 Å². The molecule has 4 rings (SSSR count). The van der Waals surface area contributed by atoms with Gasteiger partial charge in [0.05, 0.1) is 23.4 Å². The van der Waals surface area contributed by atoms with E-state index < -0.39 is 0 Å². The van der Waals surface area contributed by atoms with E-state index in [0.29, 0.717) is 5.92 Å². The zero-order valence-electron chi connectivity index (χ0n) is 16.7. The lowest BCUT2D eigenvalue weighted by Gasteiger charge is -2.22. The molecule has 1 amide bonds. The Labute approximate surface area is 166 Å². The van der Waals surface area contributed by atoms with E-state index in [2.05, 4.69) is 47.0 Å². The van der Waals surface area contributed by atoms with Gasteiger partial charge >= 0.3 is 0 Å². The molecule has 1 heterocycles. The predicted molar refractivity (Wildman–Crippen MR) is 114 cm³/mol. The summed E-state index contributed by atoms with van der Waals surface area (Å²) in [4.78, 5) is 19.8. The summed E-state index contributed by atoms with van der Waals surface area (Å²) in [7, 11) is 5.77. The van der Waals surface area contributed by atoms with Gasteiger partial charge in [0.2, 0.25) is 6.41 Å². The summed E-state index contributed by atoms with van der Waals surface area (Å²) in [6, 6.07) is 16.7. The third-order valence-corrected chi connectivity index (χ3v) is 5.31. The van der Waals surface area contributed by atoms with Crippen molar-refractivity contribution in [3.05, 3.63) is 71.8 Å². The molecule has 2 aromatic carbocycles. The Morgan fingerprint density at radius 3 is 2.46 bits per heavy atom. The van der Waals surface area contributed by atoms with Crippen LogP contribution in [0.1, 0.15) is 35.7 Å². The van der Waals surface area contributed by atoms with Gasteiger partial charge in [-0.15, -0.1) is 0 Å². The van der Waals surface area contributed by atoms with Crippen molar-refractivity contribution in [3.63, 3.8) is 0 Å². The Morgan fingerprint density at radius 1 is 1.07 bits per heavy atom. The van der Waals surface area contributed by atoms with E-state index in [1.54, 1.807) is 11.9 Å². The van der Waals surface area contributed by atoms with Gasteiger partial charge < -0.3 is 14.4 Å². The fourth-order valence-electron chi connectivity index (χ4n) is 3.70. The van der Waals surface area contributed by atoms with Crippen LogP contribution in [0.5, 0.6) is 0 Å². The highest BCUT2D eigenvalue weighted by Crippen LogP contribution is 2.43. The standard InChI is InChI=1S/C23H26N4O/c1-25(2)21-12-9-17(14-22(21)26(3)16-28)13-20-23(18-10-11-18)27(15-24-20)19-7-5-4-6-8-19/h4-9,12,14-16,18H,10-11,13H2,1-3H3. The molecule has 1 aliphatic rings. The van der Waals surface area contributed by atoms with Gasteiger partial charge in [0.25, 0.3) is 0 Å². The number of amides is 1. The fourth-order valence-corrected chi connectivity index (χ4v) is 3.70. The summed E-state index contributed by atoms with van der Waals surface area (Å²) < 4.78 is 2.24. The number of carbonyl (C=O) groups is 1. The fraction of sp³-hybridized carbons (Fsp3) is 0.304. The summed E-state index contributed by atoms with van der Waals surface area (Å²) in [5.41, 5.74) is 6.71. The minimum Gasteiger partial charge on any atom is -0.376 e. The number of carbonyl (C=O) groups excluding carboxylic acids is 1. The number of hydrogen-bond acceptors (Lipinski definition) is 3. The summed E-state index contributed by atoms with van der Waals surface area (Å²) in [5, 5.41) is 0. The average Bonchev–Trinajstić information content (AvgIpc) is 3.47. The van der Waals surface area contributed by atoms with Crippen molar-refractivity contribution in [1.29, 1.82) is 0 Å². The molecular formula is C23H26N4O. The number of aromatic nitrogens is 2. The van der Waals surface area contributed by atoms with Crippen LogP contribution in [0.15, 0.2) is 54.9 Å². The quantitative estimate of drug-likeness (QED) is 0.587. The zero-order valence-corrected chi connectivity index (χ0v) is 16.7. The van der Waals surface area contributed by atoms with Gasteiger partial charge in [0.15, 0.2) is 0 Å². The molecule has 3 aromatic rings. The van der Waals surface area contributed by atoms with Gasteiger partial charge in [-0.3, -0.25) is 4.79 Å². The predicted octanol–water partition coefficient (Wildman–Crippen LogP) is 4.00. The molecule has 0 aliphatic heterocycles. The van der Waals surface area contributed by atoms with E-state index in [1.165, 1.54) is 18.5 Å². The van der Waals surface area contributed by atoms with Crippen LogP contribution >= 0.6 is 0 Å². The third-order valence-electron chi connectivity index (χ3n) is 5.31. The first-order valence-electron chi connectivity index (χ1n) is 9.68. The number of nitrogens with zero attached hydrogens (tertiary/aromatic N) is 4. The molecule has 28 heavy (non-hydrogen) atoms. The SMILES string of the molecule is CN(C)c1ccc(Cc2ncn(-c3ccccc3)c2C2CC2)cc1N(C)C=O. The Bertz CT molecular complexity index is 974. The van der Waals surface area contributed by atoms with Gasteiger partial charge in [-0.2, -0.15) is 0 Å². The summed E-state index contributed by atoms with van der Waals surface area (Å²) >= 11 is 0. The molecule has 144 valence electrons. The molecule has 1 saturated carbocycles. The molecule has 5 nitrogen and oxygen atoms in total.